The Balaban J connectivity index is 1.64. The van der Waals surface area contributed by atoms with E-state index in [0.29, 0.717) is 13.1 Å². The largest absolute Gasteiger partial charge is 0.481 e. The average Bonchev–Trinajstić information content (AvgIpc) is 3.19. The number of hydrogen-bond acceptors (Lipinski definition) is 1. The van der Waals surface area contributed by atoms with Gasteiger partial charge in [0.2, 0.25) is 0 Å². The molecular weight excluding hydrogens is 300 g/mol. The summed E-state index contributed by atoms with van der Waals surface area (Å²) in [5.74, 6) is -1.26. The Labute approximate surface area is 139 Å². The molecule has 0 amide bonds. The second-order valence-corrected chi connectivity index (χ2v) is 6.09. The first-order valence-electron chi connectivity index (χ1n) is 8.03. The quantitative estimate of drug-likeness (QED) is 0.604. The molecule has 2 aromatic carbocycles. The van der Waals surface area contributed by atoms with E-state index in [1.165, 1.54) is 0 Å². The number of fused-ring (bicyclic) bond motifs is 2. The van der Waals surface area contributed by atoms with Crippen LogP contribution in [0.4, 0.5) is 0 Å². The van der Waals surface area contributed by atoms with E-state index in [-0.39, 0.29) is 0 Å². The van der Waals surface area contributed by atoms with Crippen molar-refractivity contribution in [1.82, 2.24) is 9.13 Å². The van der Waals surface area contributed by atoms with Crippen LogP contribution in [0.15, 0.2) is 73.1 Å². The molecule has 0 saturated carbocycles. The minimum absolute atomic E-state index is 0.454. The second-order valence-electron chi connectivity index (χ2n) is 6.09. The molecule has 120 valence electrons. The van der Waals surface area contributed by atoms with Gasteiger partial charge >= 0.3 is 5.97 Å². The molecule has 0 fully saturated rings. The zero-order valence-corrected chi connectivity index (χ0v) is 13.2. The van der Waals surface area contributed by atoms with Gasteiger partial charge in [0.25, 0.3) is 0 Å². The maximum Gasteiger partial charge on any atom is 0.310 e. The monoisotopic (exact) mass is 318 g/mol. The molecular formula is C20H18N2O2. The van der Waals surface area contributed by atoms with Crippen molar-refractivity contribution in [1.29, 1.82) is 0 Å². The predicted octanol–water partition coefficient (Wildman–Crippen LogP) is 4.00. The van der Waals surface area contributed by atoms with Gasteiger partial charge in [-0.05, 0) is 35.0 Å². The predicted molar refractivity (Wildman–Crippen MR) is 95.0 cm³/mol. The molecule has 0 spiro atoms. The molecule has 0 aliphatic rings. The Morgan fingerprint density at radius 2 is 1.25 bits per heavy atom. The van der Waals surface area contributed by atoms with E-state index >= 15 is 0 Å². The second kappa shape index (κ2) is 5.89. The van der Waals surface area contributed by atoms with Gasteiger partial charge < -0.3 is 14.2 Å². The van der Waals surface area contributed by atoms with Crippen LogP contribution >= 0.6 is 0 Å². The first kappa shape index (κ1) is 14.6. The third kappa shape index (κ3) is 2.56. The molecule has 0 atom stereocenters. The van der Waals surface area contributed by atoms with E-state index in [1.807, 2.05) is 82.2 Å². The van der Waals surface area contributed by atoms with Crippen molar-refractivity contribution in [3.8, 4) is 0 Å². The fraction of sp³-hybridized carbons (Fsp3) is 0.150. The fourth-order valence-electron chi connectivity index (χ4n) is 3.29. The molecule has 0 aliphatic carbocycles. The molecule has 0 saturated heterocycles. The summed E-state index contributed by atoms with van der Waals surface area (Å²) in [6, 6.07) is 20.1. The zero-order valence-electron chi connectivity index (χ0n) is 13.2. The Kier molecular flexibility index (Phi) is 3.58. The van der Waals surface area contributed by atoms with Gasteiger partial charge in [-0.15, -0.1) is 0 Å². The van der Waals surface area contributed by atoms with Crippen LogP contribution in [0.1, 0.15) is 0 Å². The number of carboxylic acids is 1. The van der Waals surface area contributed by atoms with E-state index in [4.69, 9.17) is 0 Å². The van der Waals surface area contributed by atoms with Gasteiger partial charge in [-0.3, -0.25) is 4.79 Å². The summed E-state index contributed by atoms with van der Waals surface area (Å²) in [5, 5.41) is 12.0. The normalized spacial score (nSPS) is 11.5. The number of carboxylic acid groups (broad SMARTS) is 1. The minimum Gasteiger partial charge on any atom is -0.481 e. The number of carbonyl (C=O) groups is 1. The SMILES string of the molecule is O=C(O)C(Cn1ccc2ccccc21)Cn1ccc2ccccc21. The van der Waals surface area contributed by atoms with Crippen LogP contribution in [0.2, 0.25) is 0 Å². The van der Waals surface area contributed by atoms with Gasteiger partial charge in [-0.1, -0.05) is 36.4 Å². The summed E-state index contributed by atoms with van der Waals surface area (Å²) in [7, 11) is 0. The Bertz CT molecular complexity index is 937. The Hall–Kier alpha value is -3.01. The van der Waals surface area contributed by atoms with Crippen LogP contribution < -0.4 is 0 Å². The molecule has 4 rings (SSSR count). The molecule has 0 bridgehead atoms. The summed E-state index contributed by atoms with van der Waals surface area (Å²) in [6.07, 6.45) is 3.93. The number of hydrogen-bond donors (Lipinski definition) is 1. The smallest absolute Gasteiger partial charge is 0.310 e. The maximum atomic E-state index is 11.8. The highest BCUT2D eigenvalue weighted by Crippen LogP contribution is 2.20. The lowest BCUT2D eigenvalue weighted by Crippen LogP contribution is -2.24. The van der Waals surface area contributed by atoms with E-state index in [9.17, 15) is 9.90 Å². The number of aliphatic carboxylic acids is 1. The van der Waals surface area contributed by atoms with E-state index in [1.54, 1.807) is 0 Å². The summed E-state index contributed by atoms with van der Waals surface area (Å²) >= 11 is 0. The highest BCUT2D eigenvalue weighted by atomic mass is 16.4. The first-order chi connectivity index (χ1) is 11.7. The van der Waals surface area contributed by atoms with Crippen molar-refractivity contribution in [3.63, 3.8) is 0 Å². The van der Waals surface area contributed by atoms with Crippen molar-refractivity contribution in [2.24, 2.45) is 5.92 Å². The van der Waals surface area contributed by atoms with Crippen LogP contribution in [-0.4, -0.2) is 20.2 Å². The van der Waals surface area contributed by atoms with Gasteiger partial charge in [0, 0.05) is 36.5 Å². The standard InChI is InChI=1S/C20H18N2O2/c23-20(24)17(13-21-11-9-15-5-1-3-7-18(15)21)14-22-12-10-16-6-2-4-8-19(16)22/h1-12,17H,13-14H2,(H,23,24). The highest BCUT2D eigenvalue weighted by Gasteiger charge is 2.20. The summed E-state index contributed by atoms with van der Waals surface area (Å²) in [5.41, 5.74) is 2.14. The van der Waals surface area contributed by atoms with Crippen molar-refractivity contribution in [2.75, 3.05) is 0 Å². The van der Waals surface area contributed by atoms with Crippen LogP contribution in [0.25, 0.3) is 21.8 Å². The molecule has 24 heavy (non-hydrogen) atoms. The van der Waals surface area contributed by atoms with Crippen molar-refractivity contribution >= 4 is 27.8 Å². The van der Waals surface area contributed by atoms with E-state index in [2.05, 4.69) is 0 Å². The minimum atomic E-state index is -0.773. The number of rotatable bonds is 5. The van der Waals surface area contributed by atoms with Gasteiger partial charge in [-0.2, -0.15) is 0 Å². The average molecular weight is 318 g/mol. The van der Waals surface area contributed by atoms with Crippen LogP contribution in [-0.2, 0) is 17.9 Å². The molecule has 4 heteroatoms. The molecule has 2 heterocycles. The lowest BCUT2D eigenvalue weighted by Gasteiger charge is -2.16. The van der Waals surface area contributed by atoms with Gasteiger partial charge in [0.1, 0.15) is 0 Å². The number of benzene rings is 2. The number of nitrogens with zero attached hydrogens (tertiary/aromatic N) is 2. The number of para-hydroxylation sites is 2. The lowest BCUT2D eigenvalue weighted by atomic mass is 10.1. The molecule has 0 unspecified atom stereocenters. The molecule has 0 aliphatic heterocycles. The van der Waals surface area contributed by atoms with Crippen LogP contribution in [0.5, 0.6) is 0 Å². The molecule has 1 N–H and O–H groups in total. The van der Waals surface area contributed by atoms with Gasteiger partial charge in [0.05, 0.1) is 5.92 Å². The molecule has 4 aromatic rings. The Morgan fingerprint density at radius 3 is 1.71 bits per heavy atom. The first-order valence-corrected chi connectivity index (χ1v) is 8.03. The lowest BCUT2D eigenvalue weighted by molar-refractivity contribution is -0.142. The van der Waals surface area contributed by atoms with Gasteiger partial charge in [-0.25, -0.2) is 0 Å². The van der Waals surface area contributed by atoms with Crippen LogP contribution in [0, 0.1) is 5.92 Å². The van der Waals surface area contributed by atoms with E-state index < -0.39 is 11.9 Å². The number of aromatic nitrogens is 2. The fourth-order valence-corrected chi connectivity index (χ4v) is 3.29. The van der Waals surface area contributed by atoms with Gasteiger partial charge in [0.15, 0.2) is 0 Å². The molecule has 2 aromatic heterocycles. The van der Waals surface area contributed by atoms with E-state index in [0.717, 1.165) is 21.8 Å². The zero-order chi connectivity index (χ0) is 16.5. The Morgan fingerprint density at radius 1 is 0.792 bits per heavy atom. The summed E-state index contributed by atoms with van der Waals surface area (Å²) in [6.45, 7) is 0.907. The molecule has 0 radical (unpaired) electrons. The molecule has 4 nitrogen and oxygen atoms in total. The van der Waals surface area contributed by atoms with Crippen molar-refractivity contribution in [2.45, 2.75) is 13.1 Å². The highest BCUT2D eigenvalue weighted by molar-refractivity contribution is 5.81. The topological polar surface area (TPSA) is 47.2 Å². The summed E-state index contributed by atoms with van der Waals surface area (Å²) in [4.78, 5) is 11.8. The third-order valence-corrected chi connectivity index (χ3v) is 4.54. The maximum absolute atomic E-state index is 11.8. The summed E-state index contributed by atoms with van der Waals surface area (Å²) < 4.78 is 4.06. The van der Waals surface area contributed by atoms with Crippen molar-refractivity contribution < 1.29 is 9.90 Å². The third-order valence-electron chi connectivity index (χ3n) is 4.54. The van der Waals surface area contributed by atoms with Crippen molar-refractivity contribution in [3.05, 3.63) is 73.1 Å². The van der Waals surface area contributed by atoms with Crippen LogP contribution in [0.3, 0.4) is 0 Å².